The highest BCUT2D eigenvalue weighted by molar-refractivity contribution is 6.14. The molecular weight excluding hydrogens is 420 g/mol. The Morgan fingerprint density at radius 2 is 1.58 bits per heavy atom. The number of methoxy groups -OCH3 is 3. The van der Waals surface area contributed by atoms with Gasteiger partial charge in [-0.15, -0.1) is 0 Å². The van der Waals surface area contributed by atoms with Crippen LogP contribution >= 0.6 is 0 Å². The van der Waals surface area contributed by atoms with Crippen molar-refractivity contribution < 1.29 is 28.5 Å². The number of rotatable bonds is 8. The Morgan fingerprint density at radius 1 is 0.848 bits per heavy atom. The van der Waals surface area contributed by atoms with Crippen LogP contribution in [-0.4, -0.2) is 33.7 Å². The maximum atomic E-state index is 12.9. The SMILES string of the molecule is COc1cc(OC)c(OC)cc1/C=C1\Oc2cc(OC/C=C/c3ccccc3)ccc2C1=O. The molecule has 6 nitrogen and oxygen atoms in total. The highest BCUT2D eigenvalue weighted by atomic mass is 16.5. The summed E-state index contributed by atoms with van der Waals surface area (Å²) in [4.78, 5) is 12.9. The van der Waals surface area contributed by atoms with Crippen molar-refractivity contribution >= 4 is 17.9 Å². The van der Waals surface area contributed by atoms with Crippen LogP contribution in [0.3, 0.4) is 0 Å². The largest absolute Gasteiger partial charge is 0.496 e. The van der Waals surface area contributed by atoms with Gasteiger partial charge >= 0.3 is 0 Å². The molecule has 1 aliphatic heterocycles. The van der Waals surface area contributed by atoms with E-state index in [1.165, 1.54) is 0 Å². The second-order valence-corrected chi connectivity index (χ2v) is 7.17. The molecule has 0 aromatic heterocycles. The van der Waals surface area contributed by atoms with E-state index in [-0.39, 0.29) is 11.5 Å². The molecule has 6 heteroatoms. The van der Waals surface area contributed by atoms with Crippen LogP contribution in [0.1, 0.15) is 21.5 Å². The molecule has 3 aromatic carbocycles. The van der Waals surface area contributed by atoms with Gasteiger partial charge in [0, 0.05) is 17.7 Å². The lowest BCUT2D eigenvalue weighted by atomic mass is 10.1. The Kier molecular flexibility index (Phi) is 6.64. The smallest absolute Gasteiger partial charge is 0.231 e. The standard InChI is InChI=1S/C27H24O6/c1-29-22-17-25(31-3)24(30-2)14-19(22)15-26-27(28)21-12-11-20(16-23(21)33-26)32-13-7-10-18-8-5-4-6-9-18/h4-12,14-17H,13H2,1-3H3/b10-7+,26-15-. The summed E-state index contributed by atoms with van der Waals surface area (Å²) in [5.41, 5.74) is 2.21. The van der Waals surface area contributed by atoms with Gasteiger partial charge in [0.05, 0.1) is 26.9 Å². The minimum Gasteiger partial charge on any atom is -0.496 e. The van der Waals surface area contributed by atoms with Gasteiger partial charge in [-0.05, 0) is 35.9 Å². The van der Waals surface area contributed by atoms with Crippen LogP contribution < -0.4 is 23.7 Å². The summed E-state index contributed by atoms with van der Waals surface area (Å²) in [6.07, 6.45) is 5.56. The van der Waals surface area contributed by atoms with E-state index >= 15 is 0 Å². The lowest BCUT2D eigenvalue weighted by Gasteiger charge is -2.12. The van der Waals surface area contributed by atoms with Gasteiger partial charge < -0.3 is 23.7 Å². The van der Waals surface area contributed by atoms with Crippen LogP contribution in [0.4, 0.5) is 0 Å². The van der Waals surface area contributed by atoms with E-state index in [0.717, 1.165) is 5.56 Å². The number of allylic oxidation sites excluding steroid dienone is 1. The summed E-state index contributed by atoms with van der Waals surface area (Å²) in [6.45, 7) is 0.396. The fourth-order valence-electron chi connectivity index (χ4n) is 3.46. The third-order valence-electron chi connectivity index (χ3n) is 5.12. The molecule has 0 aliphatic carbocycles. The average Bonchev–Trinajstić information content (AvgIpc) is 3.16. The Labute approximate surface area is 192 Å². The molecule has 0 atom stereocenters. The molecule has 0 amide bonds. The van der Waals surface area contributed by atoms with Crippen LogP contribution in [0.2, 0.25) is 0 Å². The highest BCUT2D eigenvalue weighted by Gasteiger charge is 2.28. The number of ether oxygens (including phenoxy) is 5. The molecule has 168 valence electrons. The quantitative estimate of drug-likeness (QED) is 0.432. The molecule has 0 spiro atoms. The maximum Gasteiger partial charge on any atom is 0.231 e. The molecule has 0 saturated heterocycles. The highest BCUT2D eigenvalue weighted by Crippen LogP contribution is 2.39. The number of carbonyl (C=O) groups excluding carboxylic acids is 1. The Hall–Kier alpha value is -4.19. The summed E-state index contributed by atoms with van der Waals surface area (Å²) in [5.74, 6) is 2.63. The fraction of sp³-hybridized carbons (Fsp3) is 0.148. The summed E-state index contributed by atoms with van der Waals surface area (Å²) >= 11 is 0. The van der Waals surface area contributed by atoms with Gasteiger partial charge in [-0.3, -0.25) is 4.79 Å². The second kappa shape index (κ2) is 9.96. The van der Waals surface area contributed by atoms with E-state index in [2.05, 4.69) is 0 Å². The van der Waals surface area contributed by atoms with Crippen molar-refractivity contribution in [2.45, 2.75) is 0 Å². The van der Waals surface area contributed by atoms with Crippen LogP contribution in [0.15, 0.2) is 72.5 Å². The third kappa shape index (κ3) is 4.85. The molecule has 3 aromatic rings. The van der Waals surface area contributed by atoms with E-state index in [1.54, 1.807) is 57.7 Å². The lowest BCUT2D eigenvalue weighted by molar-refractivity contribution is 0.101. The lowest BCUT2D eigenvalue weighted by Crippen LogP contribution is -2.00. The van der Waals surface area contributed by atoms with Crippen LogP contribution in [0.25, 0.3) is 12.2 Å². The number of hydrogen-bond acceptors (Lipinski definition) is 6. The van der Waals surface area contributed by atoms with Crippen LogP contribution in [0, 0.1) is 0 Å². The van der Waals surface area contributed by atoms with E-state index in [9.17, 15) is 4.79 Å². The van der Waals surface area contributed by atoms with Crippen LogP contribution in [-0.2, 0) is 0 Å². The van der Waals surface area contributed by atoms with Gasteiger partial charge in [0.25, 0.3) is 0 Å². The number of Topliss-reactive ketones (excluding diaryl/α,β-unsaturated/α-hetero) is 1. The van der Waals surface area contributed by atoms with E-state index in [0.29, 0.717) is 46.5 Å². The zero-order valence-electron chi connectivity index (χ0n) is 18.7. The molecule has 0 N–H and O–H groups in total. The topological polar surface area (TPSA) is 63.2 Å². The van der Waals surface area contributed by atoms with Crippen molar-refractivity contribution in [1.82, 2.24) is 0 Å². The molecule has 0 unspecified atom stereocenters. The van der Waals surface area contributed by atoms with Gasteiger partial charge in [0.15, 0.2) is 17.3 Å². The van der Waals surface area contributed by atoms with Crippen molar-refractivity contribution in [3.63, 3.8) is 0 Å². The third-order valence-corrected chi connectivity index (χ3v) is 5.12. The summed E-state index contributed by atoms with van der Waals surface area (Å²) in [5, 5.41) is 0. The first-order chi connectivity index (χ1) is 16.1. The zero-order valence-corrected chi connectivity index (χ0v) is 18.7. The molecule has 0 bridgehead atoms. The molecular formula is C27H24O6. The average molecular weight is 444 g/mol. The minimum atomic E-state index is -0.211. The Balaban J connectivity index is 1.51. The number of hydrogen-bond donors (Lipinski definition) is 0. The van der Waals surface area contributed by atoms with Gasteiger partial charge in [-0.1, -0.05) is 36.4 Å². The first-order valence-corrected chi connectivity index (χ1v) is 10.4. The Bertz CT molecular complexity index is 1210. The first-order valence-electron chi connectivity index (χ1n) is 10.4. The molecule has 0 saturated carbocycles. The molecule has 0 fully saturated rings. The summed E-state index contributed by atoms with van der Waals surface area (Å²) in [6, 6.07) is 18.6. The molecule has 0 radical (unpaired) electrons. The van der Waals surface area contributed by atoms with Crippen LogP contribution in [0.5, 0.6) is 28.7 Å². The first kappa shape index (κ1) is 22.0. The monoisotopic (exact) mass is 444 g/mol. The van der Waals surface area contributed by atoms with Crippen molar-refractivity contribution in [2.75, 3.05) is 27.9 Å². The molecule has 4 rings (SSSR count). The number of benzene rings is 3. The molecule has 1 aliphatic rings. The van der Waals surface area contributed by atoms with E-state index < -0.39 is 0 Å². The normalized spacial score (nSPS) is 13.7. The number of ketones is 1. The van der Waals surface area contributed by atoms with Gasteiger partial charge in [0.1, 0.15) is 23.9 Å². The maximum absolute atomic E-state index is 12.9. The predicted octanol–water partition coefficient (Wildman–Crippen LogP) is 5.42. The van der Waals surface area contributed by atoms with Crippen molar-refractivity contribution in [3.05, 3.63) is 89.2 Å². The zero-order chi connectivity index (χ0) is 23.2. The number of fused-ring (bicyclic) bond motifs is 1. The Morgan fingerprint density at radius 3 is 2.30 bits per heavy atom. The number of carbonyl (C=O) groups is 1. The van der Waals surface area contributed by atoms with Crippen molar-refractivity contribution in [1.29, 1.82) is 0 Å². The van der Waals surface area contributed by atoms with E-state index in [1.807, 2.05) is 42.5 Å². The molecule has 1 heterocycles. The van der Waals surface area contributed by atoms with Gasteiger partial charge in [-0.25, -0.2) is 0 Å². The minimum absolute atomic E-state index is 0.191. The van der Waals surface area contributed by atoms with Gasteiger partial charge in [-0.2, -0.15) is 0 Å². The van der Waals surface area contributed by atoms with E-state index in [4.69, 9.17) is 23.7 Å². The summed E-state index contributed by atoms with van der Waals surface area (Å²) in [7, 11) is 4.64. The van der Waals surface area contributed by atoms with Gasteiger partial charge in [0.2, 0.25) is 5.78 Å². The second-order valence-electron chi connectivity index (χ2n) is 7.17. The fourth-order valence-corrected chi connectivity index (χ4v) is 3.46. The predicted molar refractivity (Wildman–Crippen MR) is 126 cm³/mol. The van der Waals surface area contributed by atoms with Crippen molar-refractivity contribution in [3.8, 4) is 28.7 Å². The summed E-state index contributed by atoms with van der Waals surface area (Å²) < 4.78 is 27.8. The molecule has 33 heavy (non-hydrogen) atoms. The van der Waals surface area contributed by atoms with Crippen molar-refractivity contribution in [2.24, 2.45) is 0 Å².